The Labute approximate surface area is 112 Å². The molecule has 0 bridgehead atoms. The number of nitrogens with two attached hydrogens (primary N) is 1. The van der Waals surface area contributed by atoms with Crippen molar-refractivity contribution in [2.24, 2.45) is 5.73 Å². The summed E-state index contributed by atoms with van der Waals surface area (Å²) in [5, 5.41) is 2.49. The second-order valence-corrected chi connectivity index (χ2v) is 5.73. The van der Waals surface area contributed by atoms with Crippen LogP contribution in [0.1, 0.15) is 11.6 Å². The maximum absolute atomic E-state index is 6.40. The van der Waals surface area contributed by atoms with E-state index in [0.29, 0.717) is 0 Å². The van der Waals surface area contributed by atoms with Crippen LogP contribution in [0.4, 0.5) is 0 Å². The minimum Gasteiger partial charge on any atom is -0.375 e. The van der Waals surface area contributed by atoms with Crippen molar-refractivity contribution in [3.63, 3.8) is 0 Å². The van der Waals surface area contributed by atoms with Crippen molar-refractivity contribution in [3.8, 4) is 0 Å². The summed E-state index contributed by atoms with van der Waals surface area (Å²) >= 11 is 1.93. The van der Waals surface area contributed by atoms with Crippen LogP contribution in [0.25, 0.3) is 10.8 Å². The van der Waals surface area contributed by atoms with Gasteiger partial charge in [0.15, 0.2) is 0 Å². The molecule has 18 heavy (non-hydrogen) atoms. The molecule has 0 saturated carbocycles. The van der Waals surface area contributed by atoms with Gasteiger partial charge in [-0.15, -0.1) is 0 Å². The van der Waals surface area contributed by atoms with Gasteiger partial charge < -0.3 is 10.5 Å². The van der Waals surface area contributed by atoms with E-state index in [1.54, 1.807) is 0 Å². The summed E-state index contributed by atoms with van der Waals surface area (Å²) in [5.41, 5.74) is 7.59. The number of hydrogen-bond donors (Lipinski definition) is 1. The van der Waals surface area contributed by atoms with Gasteiger partial charge in [0.25, 0.3) is 0 Å². The first-order valence-electron chi connectivity index (χ1n) is 6.29. The average Bonchev–Trinajstić information content (AvgIpc) is 2.47. The summed E-state index contributed by atoms with van der Waals surface area (Å²) < 4.78 is 5.80. The first kappa shape index (κ1) is 12.0. The number of rotatable bonds is 2. The van der Waals surface area contributed by atoms with Crippen molar-refractivity contribution in [1.82, 2.24) is 0 Å². The van der Waals surface area contributed by atoms with Crippen molar-refractivity contribution in [1.29, 1.82) is 0 Å². The van der Waals surface area contributed by atoms with E-state index in [1.807, 2.05) is 11.8 Å². The fraction of sp³-hybridized carbons (Fsp3) is 0.333. The molecule has 3 heteroatoms. The fourth-order valence-electron chi connectivity index (χ4n) is 2.45. The number of thioether (sulfide) groups is 1. The molecular weight excluding hydrogens is 242 g/mol. The van der Waals surface area contributed by atoms with E-state index in [-0.39, 0.29) is 12.1 Å². The van der Waals surface area contributed by atoms with E-state index in [4.69, 9.17) is 10.5 Å². The van der Waals surface area contributed by atoms with Gasteiger partial charge in [-0.3, -0.25) is 0 Å². The minimum atomic E-state index is -0.0381. The maximum Gasteiger partial charge on any atom is 0.0858 e. The second kappa shape index (κ2) is 5.31. The third-order valence-electron chi connectivity index (χ3n) is 3.42. The fourth-order valence-corrected chi connectivity index (χ4v) is 3.37. The van der Waals surface area contributed by atoms with E-state index >= 15 is 0 Å². The van der Waals surface area contributed by atoms with E-state index in [9.17, 15) is 0 Å². The lowest BCUT2D eigenvalue weighted by Gasteiger charge is -2.28. The molecular formula is C15H17NOS. The van der Waals surface area contributed by atoms with Crippen molar-refractivity contribution in [3.05, 3.63) is 48.0 Å². The van der Waals surface area contributed by atoms with Crippen LogP contribution in [0.3, 0.4) is 0 Å². The topological polar surface area (TPSA) is 35.2 Å². The summed E-state index contributed by atoms with van der Waals surface area (Å²) in [6.45, 7) is 0.813. The van der Waals surface area contributed by atoms with Crippen LogP contribution in [-0.2, 0) is 4.74 Å². The lowest BCUT2D eigenvalue weighted by atomic mass is 9.96. The molecule has 2 atom stereocenters. The summed E-state index contributed by atoms with van der Waals surface area (Å²) in [6.07, 6.45) is 0.134. The minimum absolute atomic E-state index is 0.0381. The van der Waals surface area contributed by atoms with Crippen molar-refractivity contribution >= 4 is 22.5 Å². The molecule has 2 N–H and O–H groups in total. The Morgan fingerprint density at radius 3 is 2.83 bits per heavy atom. The highest BCUT2D eigenvalue weighted by molar-refractivity contribution is 7.99. The molecule has 2 unspecified atom stereocenters. The molecule has 0 radical (unpaired) electrons. The van der Waals surface area contributed by atoms with Gasteiger partial charge >= 0.3 is 0 Å². The van der Waals surface area contributed by atoms with Crippen molar-refractivity contribution in [2.75, 3.05) is 18.1 Å². The van der Waals surface area contributed by atoms with Crippen LogP contribution in [0.2, 0.25) is 0 Å². The highest BCUT2D eigenvalue weighted by Gasteiger charge is 2.24. The Balaban J connectivity index is 1.97. The Kier molecular flexibility index (Phi) is 3.55. The smallest absolute Gasteiger partial charge is 0.0858 e. The first-order chi connectivity index (χ1) is 8.86. The molecule has 1 aliphatic rings. The molecule has 1 fully saturated rings. The molecule has 1 saturated heterocycles. The van der Waals surface area contributed by atoms with Gasteiger partial charge in [0, 0.05) is 11.5 Å². The van der Waals surface area contributed by atoms with Crippen LogP contribution < -0.4 is 5.73 Å². The quantitative estimate of drug-likeness (QED) is 0.900. The van der Waals surface area contributed by atoms with Gasteiger partial charge in [-0.2, -0.15) is 11.8 Å². The summed E-state index contributed by atoms with van der Waals surface area (Å²) in [4.78, 5) is 0. The lowest BCUT2D eigenvalue weighted by Crippen LogP contribution is -2.34. The zero-order valence-corrected chi connectivity index (χ0v) is 11.0. The molecule has 1 heterocycles. The van der Waals surface area contributed by atoms with Crippen molar-refractivity contribution < 1.29 is 4.74 Å². The molecule has 2 aromatic rings. The van der Waals surface area contributed by atoms with Gasteiger partial charge in [-0.25, -0.2) is 0 Å². The van der Waals surface area contributed by atoms with Crippen LogP contribution in [0.5, 0.6) is 0 Å². The van der Waals surface area contributed by atoms with Crippen LogP contribution in [-0.4, -0.2) is 24.2 Å². The Morgan fingerprint density at radius 2 is 2.00 bits per heavy atom. The third kappa shape index (κ3) is 2.26. The number of benzene rings is 2. The highest BCUT2D eigenvalue weighted by atomic mass is 32.2. The van der Waals surface area contributed by atoms with E-state index in [0.717, 1.165) is 18.1 Å². The van der Waals surface area contributed by atoms with Crippen LogP contribution >= 0.6 is 11.8 Å². The van der Waals surface area contributed by atoms with Crippen LogP contribution in [0, 0.1) is 0 Å². The standard InChI is InChI=1S/C15H17NOS/c16-15(14-10-18-9-8-17-14)13-7-3-5-11-4-1-2-6-12(11)13/h1-7,14-15H,8-10,16H2. The zero-order valence-electron chi connectivity index (χ0n) is 10.2. The molecule has 0 amide bonds. The molecule has 0 aliphatic carbocycles. The molecule has 2 nitrogen and oxygen atoms in total. The third-order valence-corrected chi connectivity index (χ3v) is 4.44. The molecule has 1 aliphatic heterocycles. The summed E-state index contributed by atoms with van der Waals surface area (Å²) in [7, 11) is 0. The maximum atomic E-state index is 6.40. The predicted octanol–water partition coefficient (Wildman–Crippen LogP) is 2.97. The van der Waals surface area contributed by atoms with Crippen molar-refractivity contribution in [2.45, 2.75) is 12.1 Å². The molecule has 2 aromatic carbocycles. The van der Waals surface area contributed by atoms with E-state index < -0.39 is 0 Å². The largest absolute Gasteiger partial charge is 0.375 e. The Bertz CT molecular complexity index is 532. The summed E-state index contributed by atoms with van der Waals surface area (Å²) in [6, 6.07) is 14.7. The number of fused-ring (bicyclic) bond motifs is 1. The van der Waals surface area contributed by atoms with Gasteiger partial charge in [0.2, 0.25) is 0 Å². The van der Waals surface area contributed by atoms with Crippen LogP contribution in [0.15, 0.2) is 42.5 Å². The van der Waals surface area contributed by atoms with Gasteiger partial charge in [0.1, 0.15) is 0 Å². The van der Waals surface area contributed by atoms with Gasteiger partial charge in [-0.05, 0) is 16.3 Å². The van der Waals surface area contributed by atoms with E-state index in [1.165, 1.54) is 16.3 Å². The SMILES string of the molecule is NC(c1cccc2ccccc12)C1CSCCO1. The molecule has 94 valence electrons. The predicted molar refractivity (Wildman–Crippen MR) is 77.9 cm³/mol. The Morgan fingerprint density at radius 1 is 1.17 bits per heavy atom. The molecule has 0 spiro atoms. The zero-order chi connectivity index (χ0) is 12.4. The summed E-state index contributed by atoms with van der Waals surface area (Å²) in [5.74, 6) is 2.07. The second-order valence-electron chi connectivity index (χ2n) is 4.58. The normalized spacial score (nSPS) is 21.9. The van der Waals surface area contributed by atoms with Gasteiger partial charge in [-0.1, -0.05) is 42.5 Å². The highest BCUT2D eigenvalue weighted by Crippen LogP contribution is 2.28. The Hall–Kier alpha value is -1.03. The molecule has 3 rings (SSSR count). The number of hydrogen-bond acceptors (Lipinski definition) is 3. The first-order valence-corrected chi connectivity index (χ1v) is 7.44. The average molecular weight is 259 g/mol. The number of ether oxygens (including phenoxy) is 1. The molecule has 0 aromatic heterocycles. The van der Waals surface area contributed by atoms with E-state index in [2.05, 4.69) is 42.5 Å². The monoisotopic (exact) mass is 259 g/mol. The van der Waals surface area contributed by atoms with Gasteiger partial charge in [0.05, 0.1) is 18.8 Å². The lowest BCUT2D eigenvalue weighted by molar-refractivity contribution is 0.0572.